The van der Waals surface area contributed by atoms with Crippen molar-refractivity contribution in [3.05, 3.63) is 125 Å². The number of benzene rings is 4. The van der Waals surface area contributed by atoms with Crippen LogP contribution in [0.4, 0.5) is 15.8 Å². The molecule has 0 N–H and O–H groups in total. The average Bonchev–Trinajstić information content (AvgIpc) is 2.97. The van der Waals surface area contributed by atoms with Gasteiger partial charge in [0.2, 0.25) is 0 Å². The summed E-state index contributed by atoms with van der Waals surface area (Å²) in [7, 11) is -1.60. The highest BCUT2D eigenvalue weighted by Crippen LogP contribution is 2.25. The van der Waals surface area contributed by atoms with E-state index in [2.05, 4.69) is 17.0 Å². The van der Waals surface area contributed by atoms with Gasteiger partial charge in [0.15, 0.2) is 11.0 Å². The van der Waals surface area contributed by atoms with Crippen LogP contribution < -0.4 is 9.21 Å². The summed E-state index contributed by atoms with van der Waals surface area (Å²) in [5.74, 6) is -0.407. The van der Waals surface area contributed by atoms with Crippen LogP contribution in [0.5, 0.6) is 0 Å². The molecule has 38 heavy (non-hydrogen) atoms. The van der Waals surface area contributed by atoms with E-state index in [1.54, 1.807) is 28.6 Å². The van der Waals surface area contributed by atoms with Crippen LogP contribution in [0.25, 0.3) is 0 Å². The highest BCUT2D eigenvalue weighted by Gasteiger charge is 2.23. The topological polar surface area (TPSA) is 43.9 Å². The largest absolute Gasteiger partial charge is 0.368 e. The van der Waals surface area contributed by atoms with E-state index in [-0.39, 0.29) is 11.7 Å². The molecule has 0 aromatic heterocycles. The normalized spacial score (nSPS) is 14.3. The maximum Gasteiger partial charge on any atom is 0.253 e. The zero-order valence-electron chi connectivity index (χ0n) is 20.7. The van der Waals surface area contributed by atoms with Crippen molar-refractivity contribution in [2.75, 3.05) is 35.4 Å². The standard InChI is InChI=1S/C30H27ClFN3O2S/c31-25-10-6-23(7-11-25)22-35(38(37)29-16-12-26(32)13-17-29)28-14-8-24(9-15-28)30(36)34-20-18-33(19-21-34)27-4-2-1-3-5-27/h1-17H,18-22H2. The Morgan fingerprint density at radius 2 is 1.45 bits per heavy atom. The Labute approximate surface area is 229 Å². The van der Waals surface area contributed by atoms with Gasteiger partial charge in [-0.3, -0.25) is 9.10 Å². The number of hydrogen-bond acceptors (Lipinski definition) is 3. The van der Waals surface area contributed by atoms with Crippen LogP contribution in [0.3, 0.4) is 0 Å². The van der Waals surface area contributed by atoms with Crippen molar-refractivity contribution >= 4 is 39.9 Å². The minimum atomic E-state index is -1.60. The maximum absolute atomic E-state index is 13.6. The van der Waals surface area contributed by atoms with Crippen molar-refractivity contribution in [3.63, 3.8) is 0 Å². The van der Waals surface area contributed by atoms with Gasteiger partial charge < -0.3 is 9.80 Å². The van der Waals surface area contributed by atoms with Crippen molar-refractivity contribution < 1.29 is 13.4 Å². The number of carbonyl (C=O) groups excluding carboxylic acids is 1. The molecule has 1 aliphatic heterocycles. The van der Waals surface area contributed by atoms with E-state index in [9.17, 15) is 13.4 Å². The molecule has 1 fully saturated rings. The second-order valence-corrected chi connectivity index (χ2v) is 10.9. The molecule has 0 saturated carbocycles. The Bertz CT molecular complexity index is 1390. The molecule has 1 unspecified atom stereocenters. The van der Waals surface area contributed by atoms with Gasteiger partial charge in [0.05, 0.1) is 17.1 Å². The molecule has 0 bridgehead atoms. The van der Waals surface area contributed by atoms with Gasteiger partial charge in [-0.2, -0.15) is 0 Å². The van der Waals surface area contributed by atoms with E-state index in [0.29, 0.717) is 40.8 Å². The first-order valence-electron chi connectivity index (χ1n) is 12.4. The number of anilines is 2. The minimum absolute atomic E-state index is 0.0202. The molecule has 1 amide bonds. The molecule has 8 heteroatoms. The van der Waals surface area contributed by atoms with Crippen LogP contribution in [0.2, 0.25) is 5.02 Å². The van der Waals surface area contributed by atoms with E-state index < -0.39 is 11.0 Å². The first-order chi connectivity index (χ1) is 18.5. The number of para-hydroxylation sites is 1. The van der Waals surface area contributed by atoms with E-state index in [1.165, 1.54) is 30.0 Å². The summed E-state index contributed by atoms with van der Waals surface area (Å²) in [4.78, 5) is 17.9. The number of carbonyl (C=O) groups is 1. The van der Waals surface area contributed by atoms with E-state index >= 15 is 0 Å². The summed E-state index contributed by atoms with van der Waals surface area (Å²) in [5, 5.41) is 0.618. The number of rotatable bonds is 7. The lowest BCUT2D eigenvalue weighted by Crippen LogP contribution is -2.48. The van der Waals surface area contributed by atoms with Crippen molar-refractivity contribution in [2.45, 2.75) is 11.4 Å². The summed E-state index contributed by atoms with van der Waals surface area (Å²) in [6, 6.07) is 30.4. The van der Waals surface area contributed by atoms with Gasteiger partial charge in [0.1, 0.15) is 5.82 Å². The summed E-state index contributed by atoms with van der Waals surface area (Å²) in [6.07, 6.45) is 0. The second kappa shape index (κ2) is 11.8. The molecule has 0 aliphatic carbocycles. The van der Waals surface area contributed by atoms with Crippen LogP contribution in [0.1, 0.15) is 15.9 Å². The van der Waals surface area contributed by atoms with Crippen molar-refractivity contribution in [3.8, 4) is 0 Å². The fourth-order valence-corrected chi connectivity index (χ4v) is 5.77. The SMILES string of the molecule is O=C(c1ccc(N(Cc2ccc(Cl)cc2)S(=O)c2ccc(F)cc2)cc1)N1CCN(c2ccccc2)CC1. The highest BCUT2D eigenvalue weighted by atomic mass is 35.5. The Morgan fingerprint density at radius 1 is 0.816 bits per heavy atom. The molecule has 0 spiro atoms. The fraction of sp³-hybridized carbons (Fsp3) is 0.167. The van der Waals surface area contributed by atoms with E-state index in [4.69, 9.17) is 11.6 Å². The molecule has 5 rings (SSSR count). The Balaban J connectivity index is 1.32. The maximum atomic E-state index is 13.6. The highest BCUT2D eigenvalue weighted by molar-refractivity contribution is 7.86. The molecule has 1 atom stereocenters. The van der Waals surface area contributed by atoms with Gasteiger partial charge in [0.25, 0.3) is 5.91 Å². The summed E-state index contributed by atoms with van der Waals surface area (Å²) in [5.41, 5.74) is 3.36. The predicted molar refractivity (Wildman–Crippen MR) is 151 cm³/mol. The molecule has 194 valence electrons. The van der Waals surface area contributed by atoms with Crippen LogP contribution in [-0.4, -0.2) is 41.2 Å². The number of hydrogen-bond donors (Lipinski definition) is 0. The van der Waals surface area contributed by atoms with Gasteiger partial charge in [-0.1, -0.05) is 41.9 Å². The monoisotopic (exact) mass is 547 g/mol. The number of halogens is 2. The van der Waals surface area contributed by atoms with E-state index in [1.807, 2.05) is 47.4 Å². The van der Waals surface area contributed by atoms with Crippen molar-refractivity contribution in [1.82, 2.24) is 4.90 Å². The smallest absolute Gasteiger partial charge is 0.253 e. The number of nitrogens with zero attached hydrogens (tertiary/aromatic N) is 3. The molecule has 4 aromatic carbocycles. The van der Waals surface area contributed by atoms with Gasteiger partial charge in [-0.25, -0.2) is 8.60 Å². The Morgan fingerprint density at radius 3 is 2.08 bits per heavy atom. The zero-order valence-corrected chi connectivity index (χ0v) is 22.2. The molecular weight excluding hydrogens is 521 g/mol. The van der Waals surface area contributed by atoms with Crippen molar-refractivity contribution in [2.24, 2.45) is 0 Å². The molecular formula is C30H27ClFN3O2S. The third-order valence-corrected chi connectivity index (χ3v) is 8.21. The van der Waals surface area contributed by atoms with Crippen LogP contribution in [-0.2, 0) is 17.5 Å². The zero-order chi connectivity index (χ0) is 26.5. The molecule has 1 aliphatic rings. The van der Waals surface area contributed by atoms with E-state index in [0.717, 1.165) is 18.7 Å². The molecule has 0 radical (unpaired) electrons. The number of piperazine rings is 1. The minimum Gasteiger partial charge on any atom is -0.368 e. The third kappa shape index (κ3) is 6.06. The predicted octanol–water partition coefficient (Wildman–Crippen LogP) is 6.17. The second-order valence-electron chi connectivity index (χ2n) is 9.03. The quantitative estimate of drug-likeness (QED) is 0.278. The van der Waals surface area contributed by atoms with Crippen molar-refractivity contribution in [1.29, 1.82) is 0 Å². The van der Waals surface area contributed by atoms with Crippen LogP contribution in [0.15, 0.2) is 108 Å². The molecule has 1 heterocycles. The summed E-state index contributed by atoms with van der Waals surface area (Å²) in [6.45, 7) is 3.19. The Kier molecular flexibility index (Phi) is 8.05. The lowest BCUT2D eigenvalue weighted by Gasteiger charge is -2.36. The van der Waals surface area contributed by atoms with Crippen LogP contribution >= 0.6 is 11.6 Å². The number of amides is 1. The summed E-state index contributed by atoms with van der Waals surface area (Å²) >= 11 is 6.04. The average molecular weight is 548 g/mol. The fourth-order valence-electron chi connectivity index (χ4n) is 4.44. The molecule has 4 aromatic rings. The first kappa shape index (κ1) is 25.9. The Hall–Kier alpha value is -3.68. The molecule has 5 nitrogen and oxygen atoms in total. The third-order valence-electron chi connectivity index (χ3n) is 6.55. The lowest BCUT2D eigenvalue weighted by molar-refractivity contribution is 0.0747. The first-order valence-corrected chi connectivity index (χ1v) is 13.9. The lowest BCUT2D eigenvalue weighted by atomic mass is 10.1. The molecule has 1 saturated heterocycles. The van der Waals surface area contributed by atoms with Gasteiger partial charge in [-0.15, -0.1) is 0 Å². The van der Waals surface area contributed by atoms with Gasteiger partial charge in [0, 0.05) is 42.5 Å². The summed E-state index contributed by atoms with van der Waals surface area (Å²) < 4.78 is 28.8. The van der Waals surface area contributed by atoms with Gasteiger partial charge >= 0.3 is 0 Å². The van der Waals surface area contributed by atoms with Gasteiger partial charge in [-0.05, 0) is 78.4 Å². The van der Waals surface area contributed by atoms with Crippen LogP contribution in [0, 0.1) is 5.82 Å².